The van der Waals surface area contributed by atoms with Crippen LogP contribution in [0, 0.1) is 0 Å². The second-order valence-electron chi connectivity index (χ2n) is 8.80. The molecule has 2 heterocycles. The summed E-state index contributed by atoms with van der Waals surface area (Å²) < 4.78 is 5.09. The lowest BCUT2D eigenvalue weighted by atomic mass is 9.82. The predicted octanol–water partition coefficient (Wildman–Crippen LogP) is 3.58. The number of rotatable bonds is 4. The molecule has 2 aliphatic heterocycles. The van der Waals surface area contributed by atoms with Crippen LogP contribution in [0.2, 0.25) is 0 Å². The molecule has 2 aliphatic carbocycles. The highest BCUT2D eigenvalue weighted by atomic mass is 16.5. The molecule has 5 rings (SSSR count). The van der Waals surface area contributed by atoms with Gasteiger partial charge in [-0.2, -0.15) is 0 Å². The molecule has 6 heteroatoms. The molecule has 0 saturated carbocycles. The van der Waals surface area contributed by atoms with Crippen molar-refractivity contribution in [2.75, 3.05) is 42.8 Å². The van der Waals surface area contributed by atoms with Gasteiger partial charge in [0.2, 0.25) is 0 Å². The van der Waals surface area contributed by atoms with Gasteiger partial charge in [-0.15, -0.1) is 0 Å². The number of anilines is 3. The fourth-order valence-electron chi connectivity index (χ4n) is 5.18. The number of allylic oxidation sites excluding steroid dienone is 4. The molecule has 0 fully saturated rings. The molecule has 0 bridgehead atoms. The van der Waals surface area contributed by atoms with Gasteiger partial charge in [-0.3, -0.25) is 4.79 Å². The van der Waals surface area contributed by atoms with Crippen molar-refractivity contribution in [3.05, 3.63) is 52.6 Å². The van der Waals surface area contributed by atoms with Crippen LogP contribution in [0.25, 0.3) is 0 Å². The highest BCUT2D eigenvalue weighted by molar-refractivity contribution is 6.03. The standard InChI is InChI=1S/C24H30N4O2/c1-15-26-22-20(28(15)2)12-19(23(29)25-10-11-30-3)18-8-9-24(27-21(18)22)13-16-6-4-5-7-17(16)14-24/h4-6,12,14-15,26-27H,7-11,13H2,1-3H3,(H,25,29). The lowest BCUT2D eigenvalue weighted by molar-refractivity contribution is 0.0936. The van der Waals surface area contributed by atoms with Crippen molar-refractivity contribution in [2.45, 2.75) is 44.3 Å². The largest absolute Gasteiger partial charge is 0.383 e. The van der Waals surface area contributed by atoms with Gasteiger partial charge in [0.1, 0.15) is 0 Å². The van der Waals surface area contributed by atoms with Gasteiger partial charge >= 0.3 is 0 Å². The summed E-state index contributed by atoms with van der Waals surface area (Å²) in [6.45, 7) is 3.16. The Hall–Kier alpha value is -2.73. The fraction of sp³-hybridized carbons (Fsp3) is 0.458. The lowest BCUT2D eigenvalue weighted by Crippen LogP contribution is -2.39. The summed E-state index contributed by atoms with van der Waals surface area (Å²) in [7, 11) is 3.72. The summed E-state index contributed by atoms with van der Waals surface area (Å²) in [6, 6.07) is 2.05. The molecule has 30 heavy (non-hydrogen) atoms. The number of benzene rings is 1. The average molecular weight is 407 g/mol. The summed E-state index contributed by atoms with van der Waals surface area (Å²) in [5, 5.41) is 10.5. The Kier molecular flexibility index (Phi) is 4.62. The van der Waals surface area contributed by atoms with Gasteiger partial charge in [0.25, 0.3) is 5.91 Å². The number of hydrogen-bond donors (Lipinski definition) is 3. The molecule has 6 nitrogen and oxygen atoms in total. The molecule has 1 aromatic rings. The Balaban J connectivity index is 1.54. The molecular formula is C24H30N4O2. The van der Waals surface area contributed by atoms with Crippen molar-refractivity contribution in [3.63, 3.8) is 0 Å². The molecule has 4 aliphatic rings. The summed E-state index contributed by atoms with van der Waals surface area (Å²) in [4.78, 5) is 15.2. The Morgan fingerprint density at radius 2 is 2.23 bits per heavy atom. The highest BCUT2D eigenvalue weighted by Crippen LogP contribution is 2.51. The van der Waals surface area contributed by atoms with E-state index in [1.807, 2.05) is 6.07 Å². The molecule has 158 valence electrons. The second-order valence-corrected chi connectivity index (χ2v) is 8.80. The van der Waals surface area contributed by atoms with Crippen LogP contribution in [0.1, 0.15) is 42.1 Å². The second kappa shape index (κ2) is 7.20. The third kappa shape index (κ3) is 3.01. The summed E-state index contributed by atoms with van der Waals surface area (Å²) in [5.74, 6) is -0.0258. The van der Waals surface area contributed by atoms with Crippen LogP contribution < -0.4 is 20.9 Å². The predicted molar refractivity (Wildman–Crippen MR) is 121 cm³/mol. The van der Waals surface area contributed by atoms with E-state index in [0.717, 1.165) is 53.9 Å². The third-order valence-electron chi connectivity index (χ3n) is 6.90. The van der Waals surface area contributed by atoms with Crippen molar-refractivity contribution in [2.24, 2.45) is 0 Å². The molecule has 1 spiro atoms. The Morgan fingerprint density at radius 1 is 1.37 bits per heavy atom. The van der Waals surface area contributed by atoms with Crippen LogP contribution in [0.15, 0.2) is 41.5 Å². The maximum absolute atomic E-state index is 13.0. The number of carbonyl (C=O) groups is 1. The van der Waals surface area contributed by atoms with E-state index < -0.39 is 0 Å². The maximum atomic E-state index is 13.0. The minimum Gasteiger partial charge on any atom is -0.383 e. The van der Waals surface area contributed by atoms with Crippen molar-refractivity contribution >= 4 is 23.0 Å². The van der Waals surface area contributed by atoms with Gasteiger partial charge in [0.05, 0.1) is 35.4 Å². The van der Waals surface area contributed by atoms with E-state index in [9.17, 15) is 4.79 Å². The van der Waals surface area contributed by atoms with E-state index in [2.05, 4.69) is 59.1 Å². The first-order valence-electron chi connectivity index (χ1n) is 10.8. The van der Waals surface area contributed by atoms with E-state index in [4.69, 9.17) is 4.74 Å². The summed E-state index contributed by atoms with van der Waals surface area (Å²) in [6.07, 6.45) is 13.2. The lowest BCUT2D eigenvalue weighted by Gasteiger charge is -2.37. The van der Waals surface area contributed by atoms with E-state index in [0.29, 0.717) is 13.2 Å². The number of nitrogens with one attached hydrogen (secondary N) is 3. The average Bonchev–Trinajstić information content (AvgIpc) is 3.24. The summed E-state index contributed by atoms with van der Waals surface area (Å²) >= 11 is 0. The van der Waals surface area contributed by atoms with Gasteiger partial charge in [-0.25, -0.2) is 0 Å². The van der Waals surface area contributed by atoms with E-state index in [1.165, 1.54) is 11.1 Å². The smallest absolute Gasteiger partial charge is 0.251 e. The first-order chi connectivity index (χ1) is 14.5. The zero-order valence-corrected chi connectivity index (χ0v) is 18.0. The van der Waals surface area contributed by atoms with Gasteiger partial charge in [0, 0.05) is 26.3 Å². The van der Waals surface area contributed by atoms with Crippen molar-refractivity contribution in [1.29, 1.82) is 0 Å². The zero-order chi connectivity index (χ0) is 20.9. The first kappa shape index (κ1) is 19.2. The zero-order valence-electron chi connectivity index (χ0n) is 18.0. The van der Waals surface area contributed by atoms with E-state index in [1.54, 1.807) is 7.11 Å². The van der Waals surface area contributed by atoms with Crippen molar-refractivity contribution in [1.82, 2.24) is 5.32 Å². The fourth-order valence-corrected chi connectivity index (χ4v) is 5.18. The number of amides is 1. The van der Waals surface area contributed by atoms with Crippen molar-refractivity contribution in [3.8, 4) is 0 Å². The first-order valence-corrected chi connectivity index (χ1v) is 10.8. The normalized spacial score (nSPS) is 25.7. The van der Waals surface area contributed by atoms with Crippen LogP contribution in [-0.4, -0.2) is 44.9 Å². The van der Waals surface area contributed by atoms with Gasteiger partial charge in [0.15, 0.2) is 0 Å². The molecule has 1 amide bonds. The van der Waals surface area contributed by atoms with Crippen LogP contribution >= 0.6 is 0 Å². The molecule has 1 aromatic carbocycles. The van der Waals surface area contributed by atoms with Gasteiger partial charge in [-0.1, -0.05) is 24.3 Å². The third-order valence-corrected chi connectivity index (χ3v) is 6.90. The molecular weight excluding hydrogens is 376 g/mol. The van der Waals surface area contributed by atoms with Crippen LogP contribution in [0.5, 0.6) is 0 Å². The Bertz CT molecular complexity index is 993. The monoisotopic (exact) mass is 406 g/mol. The number of nitrogens with zero attached hydrogens (tertiary/aromatic N) is 1. The SMILES string of the molecule is COCCNC(=O)c1cc2c(c3c1CCC1(C=C4CC=CC=C4C1)N3)NC(C)N2C. The molecule has 0 radical (unpaired) electrons. The van der Waals surface area contributed by atoms with Gasteiger partial charge < -0.3 is 25.6 Å². The number of fused-ring (bicyclic) bond motifs is 4. The number of hydrogen-bond acceptors (Lipinski definition) is 5. The molecule has 2 unspecified atom stereocenters. The Labute approximate surface area is 178 Å². The molecule has 3 N–H and O–H groups in total. The molecule has 0 aromatic heterocycles. The maximum Gasteiger partial charge on any atom is 0.251 e. The van der Waals surface area contributed by atoms with Crippen LogP contribution in [-0.2, 0) is 11.2 Å². The molecule has 0 saturated heterocycles. The van der Waals surface area contributed by atoms with Gasteiger partial charge in [-0.05, 0) is 55.4 Å². The molecule has 2 atom stereocenters. The number of ether oxygens (including phenoxy) is 1. The number of carbonyl (C=O) groups excluding carboxylic acids is 1. The van der Waals surface area contributed by atoms with Crippen LogP contribution in [0.4, 0.5) is 17.1 Å². The minimum atomic E-state index is -0.0643. The van der Waals surface area contributed by atoms with Crippen LogP contribution in [0.3, 0.4) is 0 Å². The minimum absolute atomic E-state index is 0.0258. The topological polar surface area (TPSA) is 65.6 Å². The quantitative estimate of drug-likeness (QED) is 0.667. The van der Waals surface area contributed by atoms with E-state index >= 15 is 0 Å². The Morgan fingerprint density at radius 3 is 3.03 bits per heavy atom. The number of methoxy groups -OCH3 is 1. The van der Waals surface area contributed by atoms with E-state index in [-0.39, 0.29) is 17.6 Å². The summed E-state index contributed by atoms with van der Waals surface area (Å²) in [5.41, 5.74) is 7.99. The van der Waals surface area contributed by atoms with Crippen molar-refractivity contribution < 1.29 is 9.53 Å². The highest BCUT2D eigenvalue weighted by Gasteiger charge is 2.42.